The van der Waals surface area contributed by atoms with Gasteiger partial charge in [-0.3, -0.25) is 19.4 Å². The van der Waals surface area contributed by atoms with E-state index in [2.05, 4.69) is 13.8 Å². The second-order valence-corrected chi connectivity index (χ2v) is 10.3. The molecule has 2 amide bonds. The molecule has 0 saturated carbocycles. The van der Waals surface area contributed by atoms with Crippen molar-refractivity contribution >= 4 is 33.2 Å². The predicted octanol–water partition coefficient (Wildman–Crippen LogP) is 1.23. The first-order valence-corrected chi connectivity index (χ1v) is 11.2. The number of carbonyl (C=O) groups excluding carboxylic acids is 2. The van der Waals surface area contributed by atoms with Gasteiger partial charge in [0.2, 0.25) is 11.8 Å². The third-order valence-corrected chi connectivity index (χ3v) is 8.23. The molecule has 2 saturated heterocycles. The lowest BCUT2D eigenvalue weighted by molar-refractivity contribution is -0.140. The summed E-state index contributed by atoms with van der Waals surface area (Å²) in [6.45, 7) is 6.21. The zero-order valence-corrected chi connectivity index (χ0v) is 16.8. The lowest BCUT2D eigenvalue weighted by Gasteiger charge is -2.36. The van der Waals surface area contributed by atoms with Crippen LogP contribution in [0.15, 0.2) is 21.7 Å². The number of sulfonamides is 1. The summed E-state index contributed by atoms with van der Waals surface area (Å²) < 4.78 is 27.0. The summed E-state index contributed by atoms with van der Waals surface area (Å²) in [5.41, 5.74) is 0. The minimum atomic E-state index is -3.46. The summed E-state index contributed by atoms with van der Waals surface area (Å²) in [5.74, 6) is 0.181. The maximum atomic E-state index is 12.6. The fraction of sp³-hybridized carbons (Fsp3) is 0.647. The number of hydrogen-bond acceptors (Lipinski definition) is 6. The molecule has 0 radical (unpaired) electrons. The molecule has 0 spiro atoms. The van der Waals surface area contributed by atoms with Crippen LogP contribution in [0.4, 0.5) is 0 Å². The molecule has 3 heterocycles. The van der Waals surface area contributed by atoms with E-state index >= 15 is 0 Å². The summed E-state index contributed by atoms with van der Waals surface area (Å²) in [4.78, 5) is 28.2. The van der Waals surface area contributed by atoms with Crippen molar-refractivity contribution in [1.82, 2.24) is 14.1 Å². The Hall–Kier alpha value is -1.29. The van der Waals surface area contributed by atoms with Gasteiger partial charge < -0.3 is 0 Å². The molecule has 0 bridgehead atoms. The zero-order valence-electron chi connectivity index (χ0n) is 15.1. The molecule has 9 heteroatoms. The highest BCUT2D eigenvalue weighted by atomic mass is 32.2. The van der Waals surface area contributed by atoms with Crippen LogP contribution in [0.5, 0.6) is 0 Å². The average Bonchev–Trinajstić information content (AvgIpc) is 3.23. The Kier molecular flexibility index (Phi) is 5.81. The van der Waals surface area contributed by atoms with Crippen LogP contribution in [0.25, 0.3) is 0 Å². The Labute approximate surface area is 158 Å². The molecule has 2 aliphatic rings. The van der Waals surface area contributed by atoms with Crippen LogP contribution < -0.4 is 0 Å². The normalized spacial score (nSPS) is 23.3. The van der Waals surface area contributed by atoms with E-state index in [0.29, 0.717) is 42.9 Å². The second-order valence-electron chi connectivity index (χ2n) is 7.16. The third-order valence-electron chi connectivity index (χ3n) is 4.95. The van der Waals surface area contributed by atoms with Gasteiger partial charge in [-0.1, -0.05) is 19.9 Å². The van der Waals surface area contributed by atoms with E-state index in [4.69, 9.17) is 0 Å². The van der Waals surface area contributed by atoms with Crippen molar-refractivity contribution in [2.24, 2.45) is 5.92 Å². The van der Waals surface area contributed by atoms with Gasteiger partial charge in [-0.15, -0.1) is 11.3 Å². The summed E-state index contributed by atoms with van der Waals surface area (Å²) in [6.07, 6.45) is 1.01. The first-order valence-electron chi connectivity index (χ1n) is 8.92. The Morgan fingerprint density at radius 3 is 2.46 bits per heavy atom. The Morgan fingerprint density at radius 2 is 1.88 bits per heavy atom. The minimum Gasteiger partial charge on any atom is -0.289 e. The molecule has 3 rings (SSSR count). The van der Waals surface area contributed by atoms with Crippen molar-refractivity contribution in [2.75, 3.05) is 32.7 Å². The molecule has 144 valence electrons. The van der Waals surface area contributed by atoms with Crippen LogP contribution in [0.1, 0.15) is 26.7 Å². The van der Waals surface area contributed by atoms with Gasteiger partial charge >= 0.3 is 0 Å². The number of imide groups is 1. The van der Waals surface area contributed by atoms with E-state index in [1.165, 1.54) is 20.5 Å². The largest absolute Gasteiger partial charge is 0.289 e. The minimum absolute atomic E-state index is 0.116. The highest BCUT2D eigenvalue weighted by Gasteiger charge is 2.43. The lowest BCUT2D eigenvalue weighted by atomic mass is 10.1. The topological polar surface area (TPSA) is 78.0 Å². The van der Waals surface area contributed by atoms with E-state index in [0.717, 1.165) is 6.42 Å². The smallest absolute Gasteiger partial charge is 0.252 e. The van der Waals surface area contributed by atoms with Crippen molar-refractivity contribution in [3.8, 4) is 0 Å². The lowest BCUT2D eigenvalue weighted by Crippen LogP contribution is -2.53. The Balaban J connectivity index is 1.60. The van der Waals surface area contributed by atoms with Gasteiger partial charge in [0.15, 0.2) is 0 Å². The van der Waals surface area contributed by atoms with Gasteiger partial charge in [0.1, 0.15) is 4.21 Å². The first-order chi connectivity index (χ1) is 12.3. The number of piperazine rings is 1. The molecule has 1 atom stereocenters. The fourth-order valence-corrected chi connectivity index (χ4v) is 5.93. The quantitative estimate of drug-likeness (QED) is 0.673. The zero-order chi connectivity index (χ0) is 18.9. The molecule has 2 aliphatic heterocycles. The number of rotatable bonds is 6. The van der Waals surface area contributed by atoms with Gasteiger partial charge in [0, 0.05) is 32.7 Å². The highest BCUT2D eigenvalue weighted by molar-refractivity contribution is 7.91. The molecule has 1 aromatic heterocycles. The van der Waals surface area contributed by atoms with Crippen LogP contribution in [-0.2, 0) is 19.6 Å². The van der Waals surface area contributed by atoms with Gasteiger partial charge in [0.05, 0.1) is 12.5 Å². The van der Waals surface area contributed by atoms with Gasteiger partial charge in [-0.05, 0) is 23.8 Å². The van der Waals surface area contributed by atoms with E-state index in [1.54, 1.807) is 17.5 Å². The van der Waals surface area contributed by atoms with E-state index in [1.807, 2.05) is 4.90 Å². The molecular weight excluding hydrogens is 374 g/mol. The van der Waals surface area contributed by atoms with Gasteiger partial charge in [-0.2, -0.15) is 4.31 Å². The molecule has 1 aromatic rings. The average molecular weight is 400 g/mol. The van der Waals surface area contributed by atoms with Gasteiger partial charge in [0.25, 0.3) is 10.0 Å². The molecule has 0 N–H and O–H groups in total. The maximum absolute atomic E-state index is 12.6. The Bertz CT molecular complexity index is 753. The van der Waals surface area contributed by atoms with Crippen molar-refractivity contribution in [3.63, 3.8) is 0 Å². The van der Waals surface area contributed by atoms with Crippen LogP contribution >= 0.6 is 11.3 Å². The number of hydrogen-bond donors (Lipinski definition) is 0. The number of amides is 2. The van der Waals surface area contributed by atoms with Crippen molar-refractivity contribution in [2.45, 2.75) is 36.9 Å². The van der Waals surface area contributed by atoms with Crippen LogP contribution in [0, 0.1) is 5.92 Å². The molecule has 0 aliphatic carbocycles. The van der Waals surface area contributed by atoms with E-state index in [-0.39, 0.29) is 18.2 Å². The highest BCUT2D eigenvalue weighted by Crippen LogP contribution is 2.25. The SMILES string of the molecule is CC(C)CCN1C(=O)C[C@@H](N2CCN(S(=O)(=O)c3cccs3)CC2)C1=O. The Morgan fingerprint density at radius 1 is 1.19 bits per heavy atom. The second kappa shape index (κ2) is 7.75. The molecule has 0 unspecified atom stereocenters. The number of nitrogens with zero attached hydrogens (tertiary/aromatic N) is 3. The van der Waals surface area contributed by atoms with E-state index < -0.39 is 16.1 Å². The first kappa shape index (κ1) is 19.5. The number of carbonyl (C=O) groups is 2. The fourth-order valence-electron chi connectivity index (χ4n) is 3.37. The molecular formula is C17H25N3O4S2. The van der Waals surface area contributed by atoms with Crippen molar-refractivity contribution < 1.29 is 18.0 Å². The summed E-state index contributed by atoms with van der Waals surface area (Å²) in [6, 6.07) is 2.89. The summed E-state index contributed by atoms with van der Waals surface area (Å²) in [7, 11) is -3.46. The standard InChI is InChI=1S/C17H25N3O4S2/c1-13(2)5-6-20-15(21)12-14(17(20)22)18-7-9-19(10-8-18)26(23,24)16-4-3-11-25-16/h3-4,11,13-14H,5-10,12H2,1-2H3/t14-/m1/s1. The van der Waals surface area contributed by atoms with Crippen molar-refractivity contribution in [3.05, 3.63) is 17.5 Å². The van der Waals surface area contributed by atoms with Crippen molar-refractivity contribution in [1.29, 1.82) is 0 Å². The maximum Gasteiger partial charge on any atom is 0.252 e. The van der Waals surface area contributed by atoms with Crippen LogP contribution in [0.3, 0.4) is 0 Å². The number of likely N-dealkylation sites (tertiary alicyclic amines) is 1. The molecule has 2 fully saturated rings. The molecule has 26 heavy (non-hydrogen) atoms. The van der Waals surface area contributed by atoms with E-state index in [9.17, 15) is 18.0 Å². The number of thiophene rings is 1. The third kappa shape index (κ3) is 3.85. The van der Waals surface area contributed by atoms with Gasteiger partial charge in [-0.25, -0.2) is 8.42 Å². The molecule has 7 nitrogen and oxygen atoms in total. The van der Waals surface area contributed by atoms with Crippen LogP contribution in [0.2, 0.25) is 0 Å². The molecule has 0 aromatic carbocycles. The summed E-state index contributed by atoms with van der Waals surface area (Å²) >= 11 is 1.21. The summed E-state index contributed by atoms with van der Waals surface area (Å²) in [5, 5.41) is 1.75. The monoisotopic (exact) mass is 399 g/mol. The predicted molar refractivity (Wildman–Crippen MR) is 99.2 cm³/mol. The van der Waals surface area contributed by atoms with Crippen LogP contribution in [-0.4, -0.2) is 73.1 Å².